The Hall–Kier alpha value is -3.30. The molecule has 7 heteroatoms. The molecule has 0 aromatic heterocycles. The molecule has 0 unspecified atom stereocenters. The molecule has 2 aromatic rings. The molecule has 0 bridgehead atoms. The molecule has 1 saturated heterocycles. The van der Waals surface area contributed by atoms with E-state index < -0.39 is 0 Å². The number of nitriles is 1. The van der Waals surface area contributed by atoms with Crippen molar-refractivity contribution in [3.63, 3.8) is 0 Å². The summed E-state index contributed by atoms with van der Waals surface area (Å²) in [5.41, 5.74) is 1.12. The number of ether oxygens (including phenoxy) is 1. The molecule has 1 fully saturated rings. The molecule has 2 aromatic carbocycles. The lowest BCUT2D eigenvalue weighted by atomic mass is 9.95. The third kappa shape index (κ3) is 5.15. The topological polar surface area (TPSA) is 82.4 Å². The molecule has 0 saturated carbocycles. The minimum Gasteiger partial charge on any atom is -0.456 e. The van der Waals surface area contributed by atoms with Gasteiger partial charge >= 0.3 is 0 Å². The number of piperidine rings is 1. The van der Waals surface area contributed by atoms with Gasteiger partial charge in [0.1, 0.15) is 11.5 Å². The Morgan fingerprint density at radius 2 is 1.90 bits per heavy atom. The predicted octanol–water partition coefficient (Wildman–Crippen LogP) is 4.37. The van der Waals surface area contributed by atoms with Gasteiger partial charge in [-0.3, -0.25) is 9.59 Å². The fourth-order valence-corrected chi connectivity index (χ4v) is 3.34. The van der Waals surface area contributed by atoms with E-state index in [1.807, 2.05) is 6.07 Å². The molecule has 1 N–H and O–H groups in total. The van der Waals surface area contributed by atoms with Crippen LogP contribution in [0.5, 0.6) is 11.5 Å². The normalized spacial score (nSPS) is 14.0. The zero-order valence-corrected chi connectivity index (χ0v) is 16.5. The molecule has 1 aliphatic heterocycles. The first kappa shape index (κ1) is 20.4. The Kier molecular flexibility index (Phi) is 6.53. The molecule has 0 spiro atoms. The monoisotopic (exact) mass is 409 g/mol. The summed E-state index contributed by atoms with van der Waals surface area (Å²) in [7, 11) is 0. The van der Waals surface area contributed by atoms with Gasteiger partial charge in [-0.25, -0.2) is 0 Å². The number of rotatable bonds is 5. The highest BCUT2D eigenvalue weighted by molar-refractivity contribution is 6.32. The van der Waals surface area contributed by atoms with Crippen LogP contribution in [0.2, 0.25) is 5.02 Å². The Bertz CT molecular complexity index is 958. The van der Waals surface area contributed by atoms with E-state index in [4.69, 9.17) is 21.6 Å². The van der Waals surface area contributed by atoms with Gasteiger partial charge in [-0.1, -0.05) is 18.2 Å². The fourth-order valence-electron chi connectivity index (χ4n) is 3.12. The molecule has 2 amide bonds. The molecule has 1 aliphatic rings. The molecule has 0 atom stereocenters. The zero-order valence-electron chi connectivity index (χ0n) is 15.7. The number of carbonyl (C=O) groups is 2. The van der Waals surface area contributed by atoms with E-state index >= 15 is 0 Å². The molecular formula is C22H20ClN3O3. The van der Waals surface area contributed by atoms with Gasteiger partial charge in [0.2, 0.25) is 11.8 Å². The number of anilines is 1. The van der Waals surface area contributed by atoms with Gasteiger partial charge in [0.05, 0.1) is 16.7 Å². The number of benzene rings is 2. The molecule has 3 rings (SSSR count). The summed E-state index contributed by atoms with van der Waals surface area (Å²) in [4.78, 5) is 25.9. The largest absolute Gasteiger partial charge is 0.456 e. The summed E-state index contributed by atoms with van der Waals surface area (Å²) in [6.45, 7) is 4.57. The summed E-state index contributed by atoms with van der Waals surface area (Å²) in [6, 6.07) is 13.8. The Labute approximate surface area is 174 Å². The van der Waals surface area contributed by atoms with Crippen LogP contribution in [0.15, 0.2) is 55.1 Å². The summed E-state index contributed by atoms with van der Waals surface area (Å²) in [5.74, 6) is 0.660. The van der Waals surface area contributed by atoms with Crippen molar-refractivity contribution in [3.05, 3.63) is 65.7 Å². The van der Waals surface area contributed by atoms with E-state index in [0.29, 0.717) is 53.7 Å². The van der Waals surface area contributed by atoms with Gasteiger partial charge in [0, 0.05) is 24.7 Å². The van der Waals surface area contributed by atoms with Crippen molar-refractivity contribution in [2.75, 3.05) is 18.4 Å². The number of nitrogens with zero attached hydrogens (tertiary/aromatic N) is 2. The van der Waals surface area contributed by atoms with Crippen LogP contribution in [0.1, 0.15) is 18.4 Å². The van der Waals surface area contributed by atoms with Gasteiger partial charge in [0.25, 0.3) is 0 Å². The average molecular weight is 410 g/mol. The van der Waals surface area contributed by atoms with E-state index in [1.165, 1.54) is 6.08 Å². The first-order chi connectivity index (χ1) is 14.0. The zero-order chi connectivity index (χ0) is 20.8. The average Bonchev–Trinajstić information content (AvgIpc) is 2.75. The third-order valence-electron chi connectivity index (χ3n) is 4.76. The van der Waals surface area contributed by atoms with E-state index in [9.17, 15) is 9.59 Å². The maximum atomic E-state index is 12.5. The number of halogens is 1. The highest BCUT2D eigenvalue weighted by Crippen LogP contribution is 2.32. The molecule has 0 aliphatic carbocycles. The second-order valence-corrected chi connectivity index (χ2v) is 7.08. The van der Waals surface area contributed by atoms with E-state index in [1.54, 1.807) is 47.4 Å². The molecule has 0 radical (unpaired) electrons. The number of nitrogens with one attached hydrogen (secondary N) is 1. The molecule has 6 nitrogen and oxygen atoms in total. The molecular weight excluding hydrogens is 390 g/mol. The first-order valence-corrected chi connectivity index (χ1v) is 9.57. The highest BCUT2D eigenvalue weighted by atomic mass is 35.5. The predicted molar refractivity (Wildman–Crippen MR) is 111 cm³/mol. The molecule has 29 heavy (non-hydrogen) atoms. The first-order valence-electron chi connectivity index (χ1n) is 9.20. The van der Waals surface area contributed by atoms with Crippen molar-refractivity contribution in [1.82, 2.24) is 4.90 Å². The van der Waals surface area contributed by atoms with E-state index in [-0.39, 0.29) is 17.7 Å². The third-order valence-corrected chi connectivity index (χ3v) is 5.06. The lowest BCUT2D eigenvalue weighted by Crippen LogP contribution is -2.40. The van der Waals surface area contributed by atoms with Crippen LogP contribution in [-0.2, 0) is 9.59 Å². The highest BCUT2D eigenvalue weighted by Gasteiger charge is 2.26. The van der Waals surface area contributed by atoms with Gasteiger partial charge in [0.15, 0.2) is 0 Å². The number of amides is 2. The minimum atomic E-state index is -0.155. The van der Waals surface area contributed by atoms with Crippen molar-refractivity contribution in [2.45, 2.75) is 12.8 Å². The van der Waals surface area contributed by atoms with Crippen LogP contribution in [-0.4, -0.2) is 29.8 Å². The van der Waals surface area contributed by atoms with Crippen LogP contribution in [0, 0.1) is 17.2 Å². The van der Waals surface area contributed by atoms with Crippen LogP contribution in [0.4, 0.5) is 5.69 Å². The summed E-state index contributed by atoms with van der Waals surface area (Å²) >= 11 is 6.29. The smallest absolute Gasteiger partial charge is 0.245 e. The van der Waals surface area contributed by atoms with Crippen molar-refractivity contribution >= 4 is 29.1 Å². The van der Waals surface area contributed by atoms with Gasteiger partial charge in [-0.15, -0.1) is 0 Å². The number of likely N-dealkylation sites (tertiary alicyclic amines) is 1. The Balaban J connectivity index is 1.58. The summed E-state index contributed by atoms with van der Waals surface area (Å²) in [5, 5.41) is 12.1. The van der Waals surface area contributed by atoms with Crippen molar-refractivity contribution in [1.29, 1.82) is 5.26 Å². The van der Waals surface area contributed by atoms with Crippen molar-refractivity contribution in [2.24, 2.45) is 5.92 Å². The molecule has 1 heterocycles. The number of hydrogen-bond donors (Lipinski definition) is 1. The number of hydrogen-bond acceptors (Lipinski definition) is 4. The quantitative estimate of drug-likeness (QED) is 0.743. The van der Waals surface area contributed by atoms with Gasteiger partial charge in [-0.2, -0.15) is 5.26 Å². The lowest BCUT2D eigenvalue weighted by Gasteiger charge is -2.30. The van der Waals surface area contributed by atoms with Gasteiger partial charge in [-0.05, 0) is 61.4 Å². The Morgan fingerprint density at radius 1 is 1.21 bits per heavy atom. The van der Waals surface area contributed by atoms with E-state index in [2.05, 4.69) is 11.9 Å². The maximum Gasteiger partial charge on any atom is 0.245 e. The molecule has 148 valence electrons. The summed E-state index contributed by atoms with van der Waals surface area (Å²) < 4.78 is 5.73. The summed E-state index contributed by atoms with van der Waals surface area (Å²) in [6.07, 6.45) is 2.52. The van der Waals surface area contributed by atoms with Crippen LogP contribution < -0.4 is 10.1 Å². The van der Waals surface area contributed by atoms with Gasteiger partial charge < -0.3 is 15.0 Å². The Morgan fingerprint density at radius 3 is 2.48 bits per heavy atom. The second kappa shape index (κ2) is 9.26. The maximum absolute atomic E-state index is 12.5. The standard InChI is InChI=1S/C22H20ClN3O3/c1-2-21(27)26-11-9-16(10-12-26)22(28)25-17-5-8-20(19(23)13-17)29-18-6-3-15(14-24)4-7-18/h2-8,13,16H,1,9-12H2,(H,25,28). The SMILES string of the molecule is C=CC(=O)N1CCC(C(=O)Nc2ccc(Oc3ccc(C#N)cc3)c(Cl)c2)CC1. The lowest BCUT2D eigenvalue weighted by molar-refractivity contribution is -0.130. The van der Waals surface area contributed by atoms with Crippen molar-refractivity contribution in [3.8, 4) is 17.6 Å². The van der Waals surface area contributed by atoms with Crippen LogP contribution in [0.3, 0.4) is 0 Å². The van der Waals surface area contributed by atoms with Crippen LogP contribution >= 0.6 is 11.6 Å². The second-order valence-electron chi connectivity index (χ2n) is 6.68. The fraction of sp³-hybridized carbons (Fsp3) is 0.227. The number of carbonyl (C=O) groups excluding carboxylic acids is 2. The van der Waals surface area contributed by atoms with Crippen LogP contribution in [0.25, 0.3) is 0 Å². The minimum absolute atomic E-state index is 0.0903. The van der Waals surface area contributed by atoms with Crippen molar-refractivity contribution < 1.29 is 14.3 Å². The van der Waals surface area contributed by atoms with E-state index in [0.717, 1.165) is 0 Å².